The summed E-state index contributed by atoms with van der Waals surface area (Å²) in [6.07, 6.45) is 5.25. The van der Waals surface area contributed by atoms with Crippen molar-refractivity contribution < 1.29 is 4.74 Å². The largest absolute Gasteiger partial charge is 0.486 e. The summed E-state index contributed by atoms with van der Waals surface area (Å²) in [6.45, 7) is 7.84. The number of aryl methyl sites for hydroxylation is 1. The van der Waals surface area contributed by atoms with Gasteiger partial charge in [-0.1, -0.05) is 49.9 Å². The first kappa shape index (κ1) is 20.5. The van der Waals surface area contributed by atoms with Crippen LogP contribution < -0.4 is 4.74 Å². The van der Waals surface area contributed by atoms with Gasteiger partial charge in [-0.05, 0) is 43.0 Å². The van der Waals surface area contributed by atoms with E-state index >= 15 is 0 Å². The molecule has 0 aliphatic carbocycles. The molecule has 3 aromatic heterocycles. The van der Waals surface area contributed by atoms with Crippen molar-refractivity contribution in [2.24, 2.45) is 5.92 Å². The van der Waals surface area contributed by atoms with Gasteiger partial charge in [0.15, 0.2) is 11.0 Å². The van der Waals surface area contributed by atoms with Crippen LogP contribution in [0.5, 0.6) is 5.75 Å². The molecule has 0 bridgehead atoms. The van der Waals surface area contributed by atoms with Crippen LogP contribution in [-0.2, 0) is 18.9 Å². The molecule has 1 aromatic carbocycles. The van der Waals surface area contributed by atoms with Crippen LogP contribution in [0.15, 0.2) is 60.0 Å². The number of ether oxygens (including phenoxy) is 1. The highest BCUT2D eigenvalue weighted by atomic mass is 32.2. The van der Waals surface area contributed by atoms with Gasteiger partial charge in [0.05, 0.1) is 5.69 Å². The molecule has 0 spiro atoms. The van der Waals surface area contributed by atoms with Crippen LogP contribution in [0.2, 0.25) is 0 Å². The fraction of sp³-hybridized carbons (Fsp3) is 0.348. The highest BCUT2D eigenvalue weighted by molar-refractivity contribution is 7.98. The molecule has 0 aliphatic heterocycles. The zero-order valence-electron chi connectivity index (χ0n) is 17.7. The first-order valence-electron chi connectivity index (χ1n) is 10.3. The van der Waals surface area contributed by atoms with Crippen LogP contribution in [-0.4, -0.2) is 24.1 Å². The summed E-state index contributed by atoms with van der Waals surface area (Å²) in [7, 11) is 0. The monoisotopic (exact) mass is 421 g/mol. The Morgan fingerprint density at radius 3 is 2.67 bits per heavy atom. The van der Waals surface area contributed by atoms with E-state index in [0.29, 0.717) is 12.5 Å². The first-order chi connectivity index (χ1) is 14.6. The Hall–Kier alpha value is -2.80. The van der Waals surface area contributed by atoms with E-state index < -0.39 is 0 Å². The highest BCUT2D eigenvalue weighted by Crippen LogP contribution is 2.24. The van der Waals surface area contributed by atoms with E-state index in [9.17, 15) is 0 Å². The fourth-order valence-electron chi connectivity index (χ4n) is 3.17. The van der Waals surface area contributed by atoms with Crippen LogP contribution in [0.4, 0.5) is 0 Å². The van der Waals surface area contributed by atoms with E-state index in [1.807, 2.05) is 36.4 Å². The third-order valence-corrected chi connectivity index (χ3v) is 5.83. The molecule has 0 saturated heterocycles. The SMILES string of the molecule is Cc1ccc2nc(CSc3nnc(COc4ccccc4)n3CCC(C)C)cn2c1. The van der Waals surface area contributed by atoms with Crippen LogP contribution >= 0.6 is 11.8 Å². The van der Waals surface area contributed by atoms with E-state index in [0.717, 1.165) is 46.8 Å². The number of imidazole rings is 1. The normalized spacial score (nSPS) is 11.5. The first-order valence-corrected chi connectivity index (χ1v) is 11.2. The van der Waals surface area contributed by atoms with E-state index in [1.165, 1.54) is 5.56 Å². The number of pyridine rings is 1. The number of rotatable bonds is 9. The maximum Gasteiger partial charge on any atom is 0.191 e. The van der Waals surface area contributed by atoms with E-state index in [4.69, 9.17) is 9.72 Å². The van der Waals surface area contributed by atoms with Crippen molar-refractivity contribution in [2.45, 2.75) is 51.3 Å². The highest BCUT2D eigenvalue weighted by Gasteiger charge is 2.15. The molecule has 4 aromatic rings. The molecule has 0 aliphatic rings. The Kier molecular flexibility index (Phi) is 6.38. The van der Waals surface area contributed by atoms with Gasteiger partial charge >= 0.3 is 0 Å². The van der Waals surface area contributed by atoms with Crippen LogP contribution in [0, 0.1) is 12.8 Å². The molecule has 0 unspecified atom stereocenters. The van der Waals surface area contributed by atoms with Crippen molar-refractivity contribution >= 4 is 17.4 Å². The van der Waals surface area contributed by atoms with Crippen LogP contribution in [0.1, 0.15) is 37.4 Å². The lowest BCUT2D eigenvalue weighted by Crippen LogP contribution is -2.10. The molecule has 6 nitrogen and oxygen atoms in total. The van der Waals surface area contributed by atoms with Gasteiger partial charge in [-0.15, -0.1) is 10.2 Å². The van der Waals surface area contributed by atoms with E-state index in [-0.39, 0.29) is 0 Å². The molecule has 30 heavy (non-hydrogen) atoms. The Morgan fingerprint density at radius 1 is 1.03 bits per heavy atom. The number of thioether (sulfide) groups is 1. The zero-order valence-corrected chi connectivity index (χ0v) is 18.5. The summed E-state index contributed by atoms with van der Waals surface area (Å²) < 4.78 is 10.2. The Balaban J connectivity index is 1.48. The Bertz CT molecular complexity index is 1100. The smallest absolute Gasteiger partial charge is 0.191 e. The topological polar surface area (TPSA) is 57.2 Å². The molecule has 0 fully saturated rings. The number of para-hydroxylation sites is 1. The van der Waals surface area contributed by atoms with Crippen LogP contribution in [0.25, 0.3) is 5.65 Å². The Morgan fingerprint density at radius 2 is 1.87 bits per heavy atom. The second-order valence-corrected chi connectivity index (χ2v) is 8.77. The van der Waals surface area contributed by atoms with E-state index in [1.54, 1.807) is 11.8 Å². The third kappa shape index (κ3) is 5.02. The van der Waals surface area contributed by atoms with Gasteiger partial charge in [0.25, 0.3) is 0 Å². The number of nitrogens with zero attached hydrogens (tertiary/aromatic N) is 5. The minimum atomic E-state index is 0.406. The summed E-state index contributed by atoms with van der Waals surface area (Å²) in [5.74, 6) is 3.05. The van der Waals surface area contributed by atoms with Crippen molar-refractivity contribution in [1.82, 2.24) is 24.1 Å². The predicted molar refractivity (Wildman–Crippen MR) is 120 cm³/mol. The molecule has 0 atom stereocenters. The number of hydrogen-bond acceptors (Lipinski definition) is 5. The van der Waals surface area contributed by atoms with Gasteiger partial charge in [-0.3, -0.25) is 0 Å². The summed E-state index contributed by atoms with van der Waals surface area (Å²) in [5.41, 5.74) is 3.22. The summed E-state index contributed by atoms with van der Waals surface area (Å²) in [5, 5.41) is 9.78. The maximum absolute atomic E-state index is 5.92. The molecule has 3 heterocycles. The quantitative estimate of drug-likeness (QED) is 0.350. The molecule has 0 radical (unpaired) electrons. The zero-order chi connectivity index (χ0) is 20.9. The molecule has 7 heteroatoms. The van der Waals surface area contributed by atoms with Crippen molar-refractivity contribution in [2.75, 3.05) is 0 Å². The number of aromatic nitrogens is 5. The second-order valence-electron chi connectivity index (χ2n) is 7.83. The average molecular weight is 422 g/mol. The van der Waals surface area contributed by atoms with Gasteiger partial charge < -0.3 is 13.7 Å². The molecular weight excluding hydrogens is 394 g/mol. The van der Waals surface area contributed by atoms with Gasteiger partial charge in [0.2, 0.25) is 0 Å². The number of fused-ring (bicyclic) bond motifs is 1. The molecular formula is C23H27N5OS. The molecule has 0 saturated carbocycles. The number of hydrogen-bond donors (Lipinski definition) is 0. The minimum absolute atomic E-state index is 0.406. The minimum Gasteiger partial charge on any atom is -0.486 e. The van der Waals surface area contributed by atoms with Crippen LogP contribution in [0.3, 0.4) is 0 Å². The Labute approximate surface area is 181 Å². The van der Waals surface area contributed by atoms with Gasteiger partial charge in [-0.2, -0.15) is 0 Å². The standard InChI is InChI=1S/C23H27N5OS/c1-17(2)11-12-28-22(15-29-20-7-5-4-6-8-20)25-26-23(28)30-16-19-14-27-13-18(3)9-10-21(27)24-19/h4-10,13-14,17H,11-12,15-16H2,1-3H3. The van der Waals surface area contributed by atoms with E-state index in [2.05, 4.69) is 58.4 Å². The molecule has 0 amide bonds. The summed E-state index contributed by atoms with van der Waals surface area (Å²) >= 11 is 1.67. The van der Waals surface area contributed by atoms with Crippen molar-refractivity contribution in [3.8, 4) is 5.75 Å². The lowest BCUT2D eigenvalue weighted by molar-refractivity contribution is 0.285. The van der Waals surface area contributed by atoms with Gasteiger partial charge in [0, 0.05) is 24.7 Å². The van der Waals surface area contributed by atoms with Crippen molar-refractivity contribution in [3.05, 3.63) is 71.9 Å². The predicted octanol–water partition coefficient (Wildman–Crippen LogP) is 5.15. The van der Waals surface area contributed by atoms with Crippen molar-refractivity contribution in [3.63, 3.8) is 0 Å². The van der Waals surface area contributed by atoms with Crippen molar-refractivity contribution in [1.29, 1.82) is 0 Å². The second kappa shape index (κ2) is 9.34. The summed E-state index contributed by atoms with van der Waals surface area (Å²) in [6, 6.07) is 14.0. The lowest BCUT2D eigenvalue weighted by atomic mass is 10.1. The average Bonchev–Trinajstić information content (AvgIpc) is 3.32. The van der Waals surface area contributed by atoms with Gasteiger partial charge in [-0.25, -0.2) is 4.98 Å². The summed E-state index contributed by atoms with van der Waals surface area (Å²) in [4.78, 5) is 4.72. The molecule has 156 valence electrons. The maximum atomic E-state index is 5.92. The molecule has 4 rings (SSSR count). The fourth-order valence-corrected chi connectivity index (χ4v) is 4.04. The van der Waals surface area contributed by atoms with Gasteiger partial charge in [0.1, 0.15) is 18.0 Å². The third-order valence-electron chi connectivity index (χ3n) is 4.83. The number of benzene rings is 1. The molecule has 0 N–H and O–H groups in total. The lowest BCUT2D eigenvalue weighted by Gasteiger charge is -2.12.